The van der Waals surface area contributed by atoms with Crippen molar-refractivity contribution in [3.8, 4) is 17.1 Å². The van der Waals surface area contributed by atoms with Crippen molar-refractivity contribution in [2.24, 2.45) is 0 Å². The van der Waals surface area contributed by atoms with Gasteiger partial charge in [-0.3, -0.25) is 0 Å². The highest BCUT2D eigenvalue weighted by molar-refractivity contribution is 6.09. The second-order valence-electron chi connectivity index (χ2n) is 2.34. The first-order chi connectivity index (χ1) is 6.40. The zero-order valence-corrected chi connectivity index (χ0v) is 7.19. The summed E-state index contributed by atoms with van der Waals surface area (Å²) in [5, 5.41) is 13.4. The highest BCUT2D eigenvalue weighted by atomic mass is 35.5. The number of hydrogen-bond acceptors (Lipinski definition) is 4. The van der Waals surface area contributed by atoms with Crippen LogP contribution in [0, 0.1) is 0 Å². The normalized spacial score (nSPS) is 9.92. The van der Waals surface area contributed by atoms with Crippen LogP contribution in [0.1, 0.15) is 0 Å². The summed E-state index contributed by atoms with van der Waals surface area (Å²) in [4.78, 5) is 0. The van der Waals surface area contributed by atoms with E-state index < -0.39 is 0 Å². The minimum atomic E-state index is 0.510. The van der Waals surface area contributed by atoms with Crippen LogP contribution in [0.2, 0.25) is 0 Å². The lowest BCUT2D eigenvalue weighted by molar-refractivity contribution is 0.619. The van der Waals surface area contributed by atoms with Crippen molar-refractivity contribution in [1.82, 2.24) is 20.6 Å². The molecule has 0 aliphatic heterocycles. The van der Waals surface area contributed by atoms with Gasteiger partial charge in [0.25, 0.3) is 0 Å². The van der Waals surface area contributed by atoms with Gasteiger partial charge in [-0.2, -0.15) is 5.21 Å². The minimum absolute atomic E-state index is 0.510. The summed E-state index contributed by atoms with van der Waals surface area (Å²) in [5.74, 6) is 1.06. The molecule has 0 aliphatic carbocycles. The average molecular weight is 197 g/mol. The summed E-state index contributed by atoms with van der Waals surface area (Å²) >= 11 is 5.20. The van der Waals surface area contributed by atoms with E-state index in [1.165, 1.54) is 0 Å². The number of benzene rings is 1. The smallest absolute Gasteiger partial charge is 0.204 e. The van der Waals surface area contributed by atoms with E-state index >= 15 is 0 Å². The lowest BCUT2D eigenvalue weighted by atomic mass is 10.2. The molecule has 0 atom stereocenters. The summed E-state index contributed by atoms with van der Waals surface area (Å²) in [6.45, 7) is 0. The summed E-state index contributed by atoms with van der Waals surface area (Å²) in [6.07, 6.45) is 0. The molecular formula is C7H5ClN4O. The maximum atomic E-state index is 5.20. The van der Waals surface area contributed by atoms with Crippen LogP contribution in [-0.2, 0) is 0 Å². The molecule has 0 spiro atoms. The molecule has 1 aromatic heterocycles. The highest BCUT2D eigenvalue weighted by Crippen LogP contribution is 2.20. The topological polar surface area (TPSA) is 63.7 Å². The quantitative estimate of drug-likeness (QED) is 0.789. The number of hydrogen-bond donors (Lipinski definition) is 1. The molecule has 0 radical (unpaired) electrons. The molecule has 1 N–H and O–H groups in total. The zero-order valence-electron chi connectivity index (χ0n) is 6.44. The third kappa shape index (κ3) is 1.59. The largest absolute Gasteiger partial charge is 0.386 e. The Morgan fingerprint density at radius 2 is 2.31 bits per heavy atom. The van der Waals surface area contributed by atoms with Crippen LogP contribution in [-0.4, -0.2) is 20.6 Å². The average Bonchev–Trinajstić information content (AvgIpc) is 2.71. The third-order valence-electron chi connectivity index (χ3n) is 1.53. The second-order valence-corrected chi connectivity index (χ2v) is 2.49. The fraction of sp³-hybridized carbons (Fsp3) is 0. The van der Waals surface area contributed by atoms with Crippen LogP contribution in [0.4, 0.5) is 0 Å². The number of H-pyrrole nitrogens is 1. The third-order valence-corrected chi connectivity index (χ3v) is 1.70. The fourth-order valence-electron chi connectivity index (χ4n) is 0.967. The minimum Gasteiger partial charge on any atom is -0.386 e. The molecule has 5 nitrogen and oxygen atoms in total. The molecule has 0 saturated heterocycles. The molecule has 0 bridgehead atoms. The maximum absolute atomic E-state index is 5.20. The van der Waals surface area contributed by atoms with Gasteiger partial charge in [-0.25, -0.2) is 0 Å². The van der Waals surface area contributed by atoms with Gasteiger partial charge in [-0.15, -0.1) is 10.2 Å². The van der Waals surface area contributed by atoms with E-state index in [0.29, 0.717) is 11.6 Å². The van der Waals surface area contributed by atoms with Gasteiger partial charge in [-0.05, 0) is 17.3 Å². The molecule has 0 saturated carbocycles. The van der Waals surface area contributed by atoms with Gasteiger partial charge >= 0.3 is 0 Å². The van der Waals surface area contributed by atoms with Crippen LogP contribution >= 0.6 is 11.9 Å². The van der Waals surface area contributed by atoms with E-state index in [9.17, 15) is 0 Å². The van der Waals surface area contributed by atoms with Crippen molar-refractivity contribution in [3.63, 3.8) is 0 Å². The lowest BCUT2D eigenvalue weighted by Crippen LogP contribution is -1.82. The fourth-order valence-corrected chi connectivity index (χ4v) is 1.06. The number of halogens is 1. The molecule has 0 amide bonds. The van der Waals surface area contributed by atoms with Crippen LogP contribution in [0.3, 0.4) is 0 Å². The first-order valence-corrected chi connectivity index (χ1v) is 3.83. The van der Waals surface area contributed by atoms with E-state index in [-0.39, 0.29) is 0 Å². The van der Waals surface area contributed by atoms with E-state index in [4.69, 9.17) is 11.9 Å². The van der Waals surface area contributed by atoms with E-state index in [2.05, 4.69) is 24.9 Å². The molecule has 0 aliphatic rings. The summed E-state index contributed by atoms with van der Waals surface area (Å²) in [6, 6.07) is 7.09. The van der Waals surface area contributed by atoms with Gasteiger partial charge in [0, 0.05) is 5.56 Å². The molecule has 0 unspecified atom stereocenters. The molecule has 2 rings (SSSR count). The Morgan fingerprint density at radius 1 is 1.38 bits per heavy atom. The first-order valence-electron chi connectivity index (χ1n) is 3.52. The Hall–Kier alpha value is -1.62. The highest BCUT2D eigenvalue weighted by Gasteiger charge is 2.03. The maximum Gasteiger partial charge on any atom is 0.204 e. The molecular weight excluding hydrogens is 192 g/mol. The summed E-state index contributed by atoms with van der Waals surface area (Å²) in [5.41, 5.74) is 0.798. The Balaban J connectivity index is 2.41. The predicted octanol–water partition coefficient (Wildman–Crippen LogP) is 1.40. The predicted molar refractivity (Wildman–Crippen MR) is 46.1 cm³/mol. The van der Waals surface area contributed by atoms with Crippen molar-refractivity contribution in [2.75, 3.05) is 0 Å². The molecule has 66 valence electrons. The van der Waals surface area contributed by atoms with Gasteiger partial charge in [0.2, 0.25) is 5.82 Å². The molecule has 2 aromatic rings. The Morgan fingerprint density at radius 3 is 3.00 bits per heavy atom. The standard InChI is InChI=1S/C7H5ClN4O/c8-13-6-3-1-2-5(4-6)7-9-11-12-10-7/h1-4H,(H,9,10,11,12). The monoisotopic (exact) mass is 196 g/mol. The Kier molecular flexibility index (Phi) is 2.09. The number of rotatable bonds is 2. The van der Waals surface area contributed by atoms with Crippen molar-refractivity contribution >= 4 is 11.9 Å². The Labute approximate surface area is 78.9 Å². The van der Waals surface area contributed by atoms with Gasteiger partial charge in [-0.1, -0.05) is 12.1 Å². The van der Waals surface area contributed by atoms with Gasteiger partial charge in [0.15, 0.2) is 0 Å². The van der Waals surface area contributed by atoms with E-state index in [1.807, 2.05) is 6.07 Å². The first kappa shape index (κ1) is 8.00. The summed E-state index contributed by atoms with van der Waals surface area (Å²) < 4.78 is 4.54. The lowest BCUT2D eigenvalue weighted by Gasteiger charge is -1.96. The molecule has 13 heavy (non-hydrogen) atoms. The molecule has 0 fully saturated rings. The van der Waals surface area contributed by atoms with Crippen LogP contribution in [0.5, 0.6) is 5.75 Å². The van der Waals surface area contributed by atoms with Crippen molar-refractivity contribution in [3.05, 3.63) is 24.3 Å². The van der Waals surface area contributed by atoms with Gasteiger partial charge in [0.1, 0.15) is 17.6 Å². The number of aromatic amines is 1. The van der Waals surface area contributed by atoms with Crippen molar-refractivity contribution in [2.45, 2.75) is 0 Å². The number of tetrazole rings is 1. The van der Waals surface area contributed by atoms with Crippen LogP contribution in [0.15, 0.2) is 24.3 Å². The number of aromatic nitrogens is 4. The molecule has 6 heteroatoms. The van der Waals surface area contributed by atoms with E-state index in [0.717, 1.165) is 5.56 Å². The van der Waals surface area contributed by atoms with Crippen LogP contribution in [0.25, 0.3) is 11.4 Å². The Bertz CT molecular complexity index is 389. The molecule has 1 heterocycles. The summed E-state index contributed by atoms with van der Waals surface area (Å²) in [7, 11) is 0. The van der Waals surface area contributed by atoms with Crippen LogP contribution < -0.4 is 4.29 Å². The van der Waals surface area contributed by atoms with E-state index in [1.54, 1.807) is 18.2 Å². The second kappa shape index (κ2) is 3.40. The van der Waals surface area contributed by atoms with Crippen molar-refractivity contribution < 1.29 is 4.29 Å². The van der Waals surface area contributed by atoms with Gasteiger partial charge in [0.05, 0.1) is 0 Å². The van der Waals surface area contributed by atoms with Crippen molar-refractivity contribution in [1.29, 1.82) is 0 Å². The SMILES string of the molecule is ClOc1cccc(-c2nn[nH]n2)c1. The zero-order chi connectivity index (χ0) is 9.10. The van der Waals surface area contributed by atoms with Gasteiger partial charge < -0.3 is 4.29 Å². The molecule has 1 aromatic carbocycles. The number of nitrogens with zero attached hydrogens (tertiary/aromatic N) is 3. The number of nitrogens with one attached hydrogen (secondary N) is 1.